The Kier molecular flexibility index (Phi) is 5.59. The average Bonchev–Trinajstić information content (AvgIpc) is 3.11. The van der Waals surface area contributed by atoms with Gasteiger partial charge in [0.1, 0.15) is 0 Å². The van der Waals surface area contributed by atoms with E-state index in [1.165, 1.54) is 0 Å². The van der Waals surface area contributed by atoms with E-state index in [-0.39, 0.29) is 11.9 Å². The van der Waals surface area contributed by atoms with Gasteiger partial charge in [-0.05, 0) is 26.2 Å². The second-order valence-electron chi connectivity index (χ2n) is 5.28. The summed E-state index contributed by atoms with van der Waals surface area (Å²) < 4.78 is 0. The summed E-state index contributed by atoms with van der Waals surface area (Å²) in [7, 11) is 0. The molecule has 1 amide bonds. The molecule has 1 aliphatic carbocycles. The third-order valence-electron chi connectivity index (χ3n) is 3.36. The topological polar surface area (TPSA) is 69.6 Å². The van der Waals surface area contributed by atoms with Crippen LogP contribution in [-0.4, -0.2) is 47.1 Å². The van der Waals surface area contributed by atoms with E-state index in [0.717, 1.165) is 19.3 Å². The number of nitrogens with one attached hydrogen (secondary N) is 1. The van der Waals surface area contributed by atoms with Crippen LogP contribution in [0.4, 0.5) is 0 Å². The van der Waals surface area contributed by atoms with Crippen molar-refractivity contribution < 1.29 is 14.7 Å². The van der Waals surface area contributed by atoms with Gasteiger partial charge >= 0.3 is 5.97 Å². The van der Waals surface area contributed by atoms with Crippen LogP contribution in [0.3, 0.4) is 0 Å². The predicted molar refractivity (Wildman–Crippen MR) is 69.3 cm³/mol. The Bertz CT molecular complexity index is 303. The van der Waals surface area contributed by atoms with Crippen LogP contribution in [0.5, 0.6) is 0 Å². The summed E-state index contributed by atoms with van der Waals surface area (Å²) in [5, 5.41) is 11.8. The van der Waals surface area contributed by atoms with E-state index < -0.39 is 11.9 Å². The summed E-state index contributed by atoms with van der Waals surface area (Å²) in [5.41, 5.74) is 0. The van der Waals surface area contributed by atoms with Gasteiger partial charge in [0.25, 0.3) is 0 Å². The highest BCUT2D eigenvalue weighted by molar-refractivity contribution is 5.78. The second-order valence-corrected chi connectivity index (χ2v) is 5.28. The number of amides is 1. The molecule has 0 aromatic rings. The fraction of sp³-hybridized carbons (Fsp3) is 0.846. The monoisotopic (exact) mass is 256 g/mol. The minimum atomic E-state index is -0.803. The van der Waals surface area contributed by atoms with Gasteiger partial charge < -0.3 is 10.4 Å². The Morgan fingerprint density at radius 2 is 2.00 bits per heavy atom. The Hall–Kier alpha value is -1.10. The van der Waals surface area contributed by atoms with Crippen LogP contribution < -0.4 is 5.32 Å². The third kappa shape index (κ3) is 5.04. The van der Waals surface area contributed by atoms with Gasteiger partial charge in [-0.25, -0.2) is 0 Å². The first kappa shape index (κ1) is 15.0. The zero-order valence-corrected chi connectivity index (χ0v) is 11.5. The van der Waals surface area contributed by atoms with Gasteiger partial charge in [0.15, 0.2) is 0 Å². The first-order valence-corrected chi connectivity index (χ1v) is 6.70. The van der Waals surface area contributed by atoms with Crippen LogP contribution in [0.1, 0.15) is 40.0 Å². The number of aliphatic carboxylic acids is 1. The van der Waals surface area contributed by atoms with Crippen LogP contribution in [-0.2, 0) is 9.59 Å². The number of carbonyl (C=O) groups is 2. The lowest BCUT2D eigenvalue weighted by Gasteiger charge is -2.24. The van der Waals surface area contributed by atoms with E-state index in [0.29, 0.717) is 19.1 Å². The van der Waals surface area contributed by atoms with Crippen molar-refractivity contribution in [3.8, 4) is 0 Å². The molecule has 0 spiro atoms. The molecule has 2 unspecified atom stereocenters. The van der Waals surface area contributed by atoms with E-state index in [9.17, 15) is 9.59 Å². The number of rotatable bonds is 8. The summed E-state index contributed by atoms with van der Waals surface area (Å²) >= 11 is 0. The zero-order valence-electron chi connectivity index (χ0n) is 11.5. The highest BCUT2D eigenvalue weighted by Gasteiger charge is 2.32. The number of nitrogens with zero attached hydrogens (tertiary/aromatic N) is 1. The zero-order chi connectivity index (χ0) is 13.7. The molecular formula is C13H24N2O3. The van der Waals surface area contributed by atoms with Gasteiger partial charge in [0.05, 0.1) is 12.5 Å². The van der Waals surface area contributed by atoms with Crippen molar-refractivity contribution in [3.05, 3.63) is 0 Å². The molecular weight excluding hydrogens is 232 g/mol. The maximum atomic E-state index is 11.8. The van der Waals surface area contributed by atoms with Crippen molar-refractivity contribution >= 4 is 11.9 Å². The van der Waals surface area contributed by atoms with Crippen molar-refractivity contribution in [2.75, 3.05) is 13.1 Å². The molecule has 0 heterocycles. The molecule has 1 rings (SSSR count). The minimum Gasteiger partial charge on any atom is -0.481 e. The molecule has 0 aliphatic heterocycles. The van der Waals surface area contributed by atoms with Crippen molar-refractivity contribution in [2.24, 2.45) is 5.92 Å². The Morgan fingerprint density at radius 1 is 1.39 bits per heavy atom. The van der Waals surface area contributed by atoms with E-state index >= 15 is 0 Å². The average molecular weight is 256 g/mol. The lowest BCUT2D eigenvalue weighted by Crippen LogP contribution is -2.43. The quantitative estimate of drug-likeness (QED) is 0.682. The summed E-state index contributed by atoms with van der Waals surface area (Å²) in [4.78, 5) is 24.7. The minimum absolute atomic E-state index is 0.00570. The molecule has 2 atom stereocenters. The fourth-order valence-corrected chi connectivity index (χ4v) is 1.82. The van der Waals surface area contributed by atoms with Crippen LogP contribution >= 0.6 is 0 Å². The van der Waals surface area contributed by atoms with E-state index in [1.807, 2.05) is 18.7 Å². The van der Waals surface area contributed by atoms with Gasteiger partial charge in [-0.2, -0.15) is 0 Å². The van der Waals surface area contributed by atoms with Crippen LogP contribution in [0.2, 0.25) is 0 Å². The normalized spacial score (nSPS) is 18.4. The molecule has 1 fully saturated rings. The van der Waals surface area contributed by atoms with Gasteiger partial charge in [0.2, 0.25) is 5.91 Å². The summed E-state index contributed by atoms with van der Waals surface area (Å²) in [6, 6.07) is 0.574. The fourth-order valence-electron chi connectivity index (χ4n) is 1.82. The number of carboxylic acids is 1. The molecule has 0 saturated heterocycles. The smallest absolute Gasteiger partial charge is 0.307 e. The highest BCUT2D eigenvalue weighted by Crippen LogP contribution is 2.27. The Labute approximate surface area is 109 Å². The number of hydrogen-bond donors (Lipinski definition) is 2. The van der Waals surface area contributed by atoms with Crippen LogP contribution in [0.25, 0.3) is 0 Å². The first-order chi connectivity index (χ1) is 8.43. The molecule has 5 heteroatoms. The molecule has 1 saturated carbocycles. The molecule has 2 N–H and O–H groups in total. The Morgan fingerprint density at radius 3 is 2.44 bits per heavy atom. The van der Waals surface area contributed by atoms with Crippen molar-refractivity contribution in [1.82, 2.24) is 10.2 Å². The van der Waals surface area contributed by atoms with Gasteiger partial charge in [-0.1, -0.05) is 13.8 Å². The molecule has 0 radical (unpaired) electrons. The SMILES string of the molecule is CCC(C)NC(=O)CN(CC(C)C(=O)O)C1CC1. The summed E-state index contributed by atoms with van der Waals surface area (Å²) in [5.74, 6) is -1.24. The molecule has 0 bridgehead atoms. The molecule has 104 valence electrons. The first-order valence-electron chi connectivity index (χ1n) is 6.70. The second kappa shape index (κ2) is 6.73. The highest BCUT2D eigenvalue weighted by atomic mass is 16.4. The largest absolute Gasteiger partial charge is 0.481 e. The number of hydrogen-bond acceptors (Lipinski definition) is 3. The van der Waals surface area contributed by atoms with Crippen molar-refractivity contribution in [1.29, 1.82) is 0 Å². The Balaban J connectivity index is 2.43. The molecule has 0 aromatic carbocycles. The number of carbonyl (C=O) groups excluding carboxylic acids is 1. The van der Waals surface area contributed by atoms with Crippen LogP contribution in [0, 0.1) is 5.92 Å². The van der Waals surface area contributed by atoms with E-state index in [2.05, 4.69) is 5.32 Å². The van der Waals surface area contributed by atoms with Gasteiger partial charge in [-0.3, -0.25) is 14.5 Å². The molecule has 0 aromatic heterocycles. The molecule has 5 nitrogen and oxygen atoms in total. The third-order valence-corrected chi connectivity index (χ3v) is 3.36. The van der Waals surface area contributed by atoms with E-state index in [4.69, 9.17) is 5.11 Å². The van der Waals surface area contributed by atoms with E-state index in [1.54, 1.807) is 6.92 Å². The lowest BCUT2D eigenvalue weighted by atomic mass is 10.1. The van der Waals surface area contributed by atoms with Crippen LogP contribution in [0.15, 0.2) is 0 Å². The standard InChI is InChI=1S/C13H24N2O3/c1-4-10(3)14-12(16)8-15(11-5-6-11)7-9(2)13(17)18/h9-11H,4-8H2,1-3H3,(H,14,16)(H,17,18). The van der Waals surface area contributed by atoms with Gasteiger partial charge in [-0.15, -0.1) is 0 Å². The van der Waals surface area contributed by atoms with Gasteiger partial charge in [0, 0.05) is 18.6 Å². The van der Waals surface area contributed by atoms with Crippen molar-refractivity contribution in [3.63, 3.8) is 0 Å². The molecule has 1 aliphatic rings. The maximum absolute atomic E-state index is 11.8. The maximum Gasteiger partial charge on any atom is 0.307 e. The predicted octanol–water partition coefficient (Wildman–Crippen LogP) is 1.09. The molecule has 18 heavy (non-hydrogen) atoms. The summed E-state index contributed by atoms with van der Waals surface area (Å²) in [6.07, 6.45) is 3.05. The number of carboxylic acid groups (broad SMARTS) is 1. The lowest BCUT2D eigenvalue weighted by molar-refractivity contribution is -0.142. The summed E-state index contributed by atoms with van der Waals surface area (Å²) in [6.45, 7) is 6.44. The van der Waals surface area contributed by atoms with Crippen molar-refractivity contribution in [2.45, 2.75) is 52.1 Å².